The zero-order valence-electron chi connectivity index (χ0n) is 38.1. The van der Waals surface area contributed by atoms with Crippen LogP contribution in [0.15, 0.2) is 215 Å². The molecule has 9 heteroatoms. The topological polar surface area (TPSA) is 113 Å². The van der Waals surface area contributed by atoms with Gasteiger partial charge in [0, 0.05) is 65.5 Å². The molecule has 9 nitrogen and oxygen atoms in total. The van der Waals surface area contributed by atoms with Crippen molar-refractivity contribution in [3.8, 4) is 17.1 Å². The number of nitrogens with zero attached hydrogens (tertiary/aromatic N) is 3. The second-order valence-electron chi connectivity index (χ2n) is 18.9. The average molecular weight is 925 g/mol. The first kappa shape index (κ1) is 38.9. The number of pyridine rings is 3. The highest BCUT2D eigenvalue weighted by molar-refractivity contribution is 6.28. The largest absolute Gasteiger partial charge is 0.354 e. The molecule has 0 aliphatic heterocycles. The molecule has 0 atom stereocenters. The summed E-state index contributed by atoms with van der Waals surface area (Å²) in [6.45, 7) is 0. The minimum Gasteiger partial charge on any atom is -0.354 e. The molecule has 0 bridgehead atoms. The molecule has 6 aromatic heterocycles. The number of para-hydroxylation sites is 6. The van der Waals surface area contributed by atoms with Gasteiger partial charge in [0.1, 0.15) is 0 Å². The molecule has 0 spiro atoms. The Morgan fingerprint density at radius 2 is 0.514 bits per heavy atom. The minimum atomic E-state index is -0.298. The van der Waals surface area contributed by atoms with E-state index < -0.39 is 0 Å². The third-order valence-corrected chi connectivity index (χ3v) is 15.2. The maximum absolute atomic E-state index is 15.8. The van der Waals surface area contributed by atoms with Crippen molar-refractivity contribution in [2.45, 2.75) is 0 Å². The number of aromatic amines is 3. The second-order valence-corrected chi connectivity index (χ2v) is 18.9. The normalized spacial score (nSPS) is 12.3. The van der Waals surface area contributed by atoms with Crippen molar-refractivity contribution in [1.82, 2.24) is 28.7 Å². The molecule has 3 N–H and O–H groups in total. The van der Waals surface area contributed by atoms with E-state index in [1.165, 1.54) is 0 Å². The van der Waals surface area contributed by atoms with Gasteiger partial charge in [-0.15, -0.1) is 0 Å². The monoisotopic (exact) mass is 924 g/mol. The molecule has 72 heavy (non-hydrogen) atoms. The zero-order valence-corrected chi connectivity index (χ0v) is 38.1. The maximum atomic E-state index is 15.8. The second kappa shape index (κ2) is 14.1. The Hall–Kier alpha value is -9.99. The van der Waals surface area contributed by atoms with Crippen LogP contribution < -0.4 is 16.3 Å². The van der Waals surface area contributed by atoms with Crippen LogP contribution in [-0.4, -0.2) is 28.7 Å². The molecule has 0 amide bonds. The lowest BCUT2D eigenvalue weighted by Gasteiger charge is -2.14. The number of benzene rings is 10. The summed E-state index contributed by atoms with van der Waals surface area (Å²) in [5, 5.41) is 7.96. The van der Waals surface area contributed by atoms with E-state index in [4.69, 9.17) is 0 Å². The molecule has 0 aliphatic rings. The van der Waals surface area contributed by atoms with Gasteiger partial charge in [-0.25, -0.2) is 0 Å². The SMILES string of the molecule is O=c1c2cc3c(cc2[nH]c2c1c1[nH]c4cc5c6ccccc6n(-c6ccccc6)c5cc4c(=O)c1c1[nH]c4cc5c6ccccc6n(-c6ccccc6)c5cc4c(=O)c21)c1ccccc1n3-c1ccccc1. The summed E-state index contributed by atoms with van der Waals surface area (Å²) in [5.41, 5.74) is 10.4. The highest BCUT2D eigenvalue weighted by Gasteiger charge is 2.25. The standard InChI is InChI=1S/C63H36N6O3/c70-61-43-31-52-40(37-22-10-13-25-49(37)67(52)34-16-4-1-5-17-34)28-46(43)64-58-55(61)59-57(63(72)44-32-53-41(29-47(44)65-59)38-23-11-14-26-50(38)68(53)35-18-6-2-7-19-35)60-56(58)62(71)45-33-54-42(30-48(45)66-60)39-24-12-15-27-51(39)69(54)36-20-8-3-9-21-36/h1-33H,(H,64,70)(H,65,72)(H,66,71). The third-order valence-electron chi connectivity index (χ3n) is 15.2. The van der Waals surface area contributed by atoms with E-state index in [0.717, 1.165) is 82.5 Å². The predicted molar refractivity (Wildman–Crippen MR) is 296 cm³/mol. The number of hydrogen-bond acceptors (Lipinski definition) is 3. The van der Waals surface area contributed by atoms with Gasteiger partial charge in [-0.1, -0.05) is 109 Å². The maximum Gasteiger partial charge on any atom is 0.199 e. The van der Waals surface area contributed by atoms with Gasteiger partial charge in [0.25, 0.3) is 0 Å². The lowest BCUT2D eigenvalue weighted by molar-refractivity contribution is 1.18. The molecule has 336 valence electrons. The van der Waals surface area contributed by atoms with Crippen molar-refractivity contribution in [1.29, 1.82) is 0 Å². The van der Waals surface area contributed by atoms with Crippen molar-refractivity contribution in [3.05, 3.63) is 231 Å². The fourth-order valence-electron chi connectivity index (χ4n) is 12.1. The van der Waals surface area contributed by atoms with Crippen LogP contribution >= 0.6 is 0 Å². The van der Waals surface area contributed by atoms with Crippen molar-refractivity contribution >= 4 is 131 Å². The fraction of sp³-hybridized carbons (Fsp3) is 0. The predicted octanol–water partition coefficient (Wildman–Crippen LogP) is 14.0. The van der Waals surface area contributed by atoms with Crippen molar-refractivity contribution in [2.75, 3.05) is 0 Å². The first-order valence-corrected chi connectivity index (χ1v) is 24.1. The van der Waals surface area contributed by atoms with Crippen molar-refractivity contribution in [3.63, 3.8) is 0 Å². The highest BCUT2D eigenvalue weighted by Crippen LogP contribution is 2.40. The van der Waals surface area contributed by atoms with E-state index in [1.807, 2.05) is 127 Å². The summed E-state index contributed by atoms with van der Waals surface area (Å²) in [4.78, 5) is 58.5. The summed E-state index contributed by atoms with van der Waals surface area (Å²) in [6.07, 6.45) is 0. The van der Waals surface area contributed by atoms with E-state index >= 15 is 14.4 Å². The number of H-pyrrole nitrogens is 3. The van der Waals surface area contributed by atoms with Crippen LogP contribution in [0.1, 0.15) is 0 Å². The lowest BCUT2D eigenvalue weighted by atomic mass is 9.97. The molecule has 10 aromatic carbocycles. The number of rotatable bonds is 3. The smallest absolute Gasteiger partial charge is 0.199 e. The lowest BCUT2D eigenvalue weighted by Crippen LogP contribution is -2.15. The molecule has 0 radical (unpaired) electrons. The molecular weight excluding hydrogens is 889 g/mol. The first-order chi connectivity index (χ1) is 35.5. The summed E-state index contributed by atoms with van der Waals surface area (Å²) >= 11 is 0. The van der Waals surface area contributed by atoms with Gasteiger partial charge in [0.15, 0.2) is 16.3 Å². The van der Waals surface area contributed by atoms with Crippen molar-refractivity contribution in [2.24, 2.45) is 0 Å². The fourth-order valence-corrected chi connectivity index (χ4v) is 12.1. The van der Waals surface area contributed by atoms with Crippen LogP contribution in [-0.2, 0) is 0 Å². The van der Waals surface area contributed by atoms with Gasteiger partial charge in [-0.3, -0.25) is 14.4 Å². The summed E-state index contributed by atoms with van der Waals surface area (Å²) in [6, 6.07) is 67.1. The number of hydrogen-bond donors (Lipinski definition) is 3. The minimum absolute atomic E-state index is 0.238. The van der Waals surface area contributed by atoms with E-state index in [0.29, 0.717) is 49.3 Å². The Morgan fingerprint density at radius 1 is 0.250 bits per heavy atom. The van der Waals surface area contributed by atoms with Crippen LogP contribution in [0.2, 0.25) is 0 Å². The zero-order chi connectivity index (χ0) is 47.5. The Bertz CT molecular complexity index is 4720. The highest BCUT2D eigenvalue weighted by atomic mass is 16.1. The molecule has 0 fully saturated rings. The van der Waals surface area contributed by atoms with Crippen LogP contribution in [0.4, 0.5) is 0 Å². The molecule has 0 aliphatic carbocycles. The summed E-state index contributed by atoms with van der Waals surface area (Å²) < 4.78 is 6.56. The van der Waals surface area contributed by atoms with Crippen LogP contribution in [0.25, 0.3) is 148 Å². The number of fused-ring (bicyclic) bond motifs is 18. The summed E-state index contributed by atoms with van der Waals surface area (Å²) in [7, 11) is 0. The molecule has 16 rings (SSSR count). The quantitative estimate of drug-likeness (QED) is 0.121. The Balaban J connectivity index is 1.10. The molecular formula is C63H36N6O3. The van der Waals surface area contributed by atoms with Crippen LogP contribution in [0.5, 0.6) is 0 Å². The number of nitrogens with one attached hydrogen (secondary N) is 3. The van der Waals surface area contributed by atoms with Gasteiger partial charge in [0.05, 0.1) is 82.4 Å². The molecule has 16 aromatic rings. The van der Waals surface area contributed by atoms with Crippen LogP contribution in [0.3, 0.4) is 0 Å². The Morgan fingerprint density at radius 3 is 0.806 bits per heavy atom. The number of aromatic nitrogens is 6. The molecule has 6 heterocycles. The Kier molecular flexibility index (Phi) is 7.60. The Labute approximate surface area is 405 Å². The van der Waals surface area contributed by atoms with Gasteiger partial charge in [0.2, 0.25) is 0 Å². The summed E-state index contributed by atoms with van der Waals surface area (Å²) in [5.74, 6) is 0. The molecule has 0 saturated carbocycles. The van der Waals surface area contributed by atoms with Crippen LogP contribution in [0, 0.1) is 0 Å². The van der Waals surface area contributed by atoms with Gasteiger partial charge < -0.3 is 28.7 Å². The van der Waals surface area contributed by atoms with E-state index in [-0.39, 0.29) is 32.4 Å². The van der Waals surface area contributed by atoms with E-state index in [9.17, 15) is 0 Å². The van der Waals surface area contributed by atoms with Gasteiger partial charge in [-0.05, 0) is 91.0 Å². The van der Waals surface area contributed by atoms with E-state index in [2.05, 4.69) is 101 Å². The van der Waals surface area contributed by atoms with Crippen molar-refractivity contribution < 1.29 is 0 Å². The van der Waals surface area contributed by atoms with E-state index in [1.54, 1.807) is 0 Å². The third kappa shape index (κ3) is 5.07. The first-order valence-electron chi connectivity index (χ1n) is 24.1. The molecule has 0 unspecified atom stereocenters. The van der Waals surface area contributed by atoms with Gasteiger partial charge in [-0.2, -0.15) is 0 Å². The average Bonchev–Trinajstić information content (AvgIpc) is 4.05. The molecule has 0 saturated heterocycles. The van der Waals surface area contributed by atoms with Gasteiger partial charge >= 0.3 is 0 Å².